The molecule has 10 rings (SSSR count). The standard InChI is InChI=1S/C46H32N2/c1-29-16-21-44(30(2)22-29)47(35-10-4-3-5-11-35)36-19-17-31-25-40-41-26-32-18-20-37(24-34(32)28-43(41)42(40)27-33(31)23-36)48-45-14-8-6-12-38(45)39-13-7-9-15-46(39)48/h3-28H,1-2H3. The van der Waals surface area contributed by atoms with Gasteiger partial charge < -0.3 is 9.47 Å². The van der Waals surface area contributed by atoms with Crippen LogP contribution in [-0.4, -0.2) is 4.57 Å². The SMILES string of the molecule is Cc1ccc(N(c2ccccc2)c2ccc3cc4c(cc3c2)-c2cc3cc(-n5c6ccccc6c6ccccc65)ccc3cc2-4)c(C)c1. The van der Waals surface area contributed by atoms with E-state index in [1.165, 1.54) is 88.1 Å². The first-order chi connectivity index (χ1) is 23.6. The van der Waals surface area contributed by atoms with Gasteiger partial charge in [-0.1, -0.05) is 84.4 Å². The maximum atomic E-state index is 2.40. The molecule has 0 saturated heterocycles. The van der Waals surface area contributed by atoms with Gasteiger partial charge in [0.15, 0.2) is 0 Å². The number of benzene rings is 8. The molecule has 0 fully saturated rings. The number of hydrogen-bond donors (Lipinski definition) is 0. The van der Waals surface area contributed by atoms with Crippen LogP contribution < -0.4 is 4.90 Å². The first-order valence-electron chi connectivity index (χ1n) is 16.7. The van der Waals surface area contributed by atoms with E-state index in [2.05, 4.69) is 181 Å². The molecule has 0 saturated carbocycles. The molecule has 1 aliphatic carbocycles. The van der Waals surface area contributed by atoms with Gasteiger partial charge in [-0.25, -0.2) is 0 Å². The Morgan fingerprint density at radius 3 is 1.62 bits per heavy atom. The van der Waals surface area contributed by atoms with Crippen LogP contribution in [0, 0.1) is 13.8 Å². The van der Waals surface area contributed by atoms with Gasteiger partial charge in [0.2, 0.25) is 0 Å². The van der Waals surface area contributed by atoms with E-state index in [4.69, 9.17) is 0 Å². The number of aryl methyl sites for hydroxylation is 2. The van der Waals surface area contributed by atoms with Crippen LogP contribution in [0.5, 0.6) is 0 Å². The summed E-state index contributed by atoms with van der Waals surface area (Å²) in [5.41, 5.74) is 15.1. The summed E-state index contributed by atoms with van der Waals surface area (Å²) in [5.74, 6) is 0. The van der Waals surface area contributed by atoms with Crippen LogP contribution in [0.4, 0.5) is 17.1 Å². The Bertz CT molecular complexity index is 2700. The predicted molar refractivity (Wildman–Crippen MR) is 204 cm³/mol. The smallest absolute Gasteiger partial charge is 0.0541 e. The second-order valence-corrected chi connectivity index (χ2v) is 13.2. The van der Waals surface area contributed by atoms with Gasteiger partial charge in [0.05, 0.1) is 11.0 Å². The largest absolute Gasteiger partial charge is 0.310 e. The Labute approximate surface area is 279 Å². The van der Waals surface area contributed by atoms with Crippen molar-refractivity contribution in [1.29, 1.82) is 0 Å². The molecule has 0 bridgehead atoms. The molecule has 1 heterocycles. The van der Waals surface area contributed by atoms with Crippen LogP contribution in [0.2, 0.25) is 0 Å². The second kappa shape index (κ2) is 10.2. The van der Waals surface area contributed by atoms with Crippen molar-refractivity contribution < 1.29 is 0 Å². The molecule has 0 aliphatic heterocycles. The minimum Gasteiger partial charge on any atom is -0.310 e. The van der Waals surface area contributed by atoms with Gasteiger partial charge in [-0.3, -0.25) is 0 Å². The summed E-state index contributed by atoms with van der Waals surface area (Å²) >= 11 is 0. The average molecular weight is 613 g/mol. The van der Waals surface area contributed by atoms with Crippen LogP contribution in [0.25, 0.3) is 71.3 Å². The van der Waals surface area contributed by atoms with Crippen molar-refractivity contribution in [3.8, 4) is 27.9 Å². The molecule has 0 atom stereocenters. The van der Waals surface area contributed by atoms with E-state index < -0.39 is 0 Å². The number of hydrogen-bond acceptors (Lipinski definition) is 1. The molecular formula is C46H32N2. The molecule has 9 aromatic rings. The average Bonchev–Trinajstić information content (AvgIpc) is 3.46. The Kier molecular flexibility index (Phi) is 5.74. The molecule has 0 N–H and O–H groups in total. The third-order valence-corrected chi connectivity index (χ3v) is 10.2. The van der Waals surface area contributed by atoms with Crippen molar-refractivity contribution in [2.75, 3.05) is 4.90 Å². The van der Waals surface area contributed by atoms with Crippen LogP contribution >= 0.6 is 0 Å². The number of aromatic nitrogens is 1. The van der Waals surface area contributed by atoms with Crippen molar-refractivity contribution in [1.82, 2.24) is 4.57 Å². The van der Waals surface area contributed by atoms with Gasteiger partial charge in [-0.05, 0) is 142 Å². The van der Waals surface area contributed by atoms with Crippen molar-refractivity contribution in [2.24, 2.45) is 0 Å². The van der Waals surface area contributed by atoms with Gasteiger partial charge in [-0.2, -0.15) is 0 Å². The summed E-state index contributed by atoms with van der Waals surface area (Å²) in [4.78, 5) is 2.38. The van der Waals surface area contributed by atoms with Gasteiger partial charge in [0, 0.05) is 33.5 Å². The van der Waals surface area contributed by atoms with Crippen LogP contribution in [0.3, 0.4) is 0 Å². The lowest BCUT2D eigenvalue weighted by Crippen LogP contribution is -2.11. The van der Waals surface area contributed by atoms with Crippen LogP contribution in [0.15, 0.2) is 158 Å². The van der Waals surface area contributed by atoms with Gasteiger partial charge in [0.25, 0.3) is 0 Å². The van der Waals surface area contributed by atoms with Gasteiger partial charge >= 0.3 is 0 Å². The monoisotopic (exact) mass is 612 g/mol. The molecule has 226 valence electrons. The normalized spacial score (nSPS) is 12.0. The molecule has 1 aliphatic rings. The highest BCUT2D eigenvalue weighted by atomic mass is 15.1. The third kappa shape index (κ3) is 3.99. The highest BCUT2D eigenvalue weighted by molar-refractivity contribution is 6.13. The topological polar surface area (TPSA) is 8.17 Å². The summed E-state index contributed by atoms with van der Waals surface area (Å²) in [7, 11) is 0. The van der Waals surface area contributed by atoms with E-state index in [1.807, 2.05) is 0 Å². The maximum absolute atomic E-state index is 2.40. The van der Waals surface area contributed by atoms with Crippen molar-refractivity contribution in [3.63, 3.8) is 0 Å². The second-order valence-electron chi connectivity index (χ2n) is 13.2. The van der Waals surface area contributed by atoms with Crippen molar-refractivity contribution >= 4 is 60.4 Å². The quantitative estimate of drug-likeness (QED) is 0.192. The van der Waals surface area contributed by atoms with Gasteiger partial charge in [0.1, 0.15) is 0 Å². The minimum absolute atomic E-state index is 1.16. The maximum Gasteiger partial charge on any atom is 0.0541 e. The first-order valence-corrected chi connectivity index (χ1v) is 16.7. The Balaban J connectivity index is 1.09. The summed E-state index contributed by atoms with van der Waals surface area (Å²) < 4.78 is 2.40. The summed E-state index contributed by atoms with van der Waals surface area (Å²) in [6.07, 6.45) is 0. The van der Waals surface area contributed by atoms with E-state index in [1.54, 1.807) is 0 Å². The van der Waals surface area contributed by atoms with E-state index in [0.717, 1.165) is 11.4 Å². The fourth-order valence-electron chi connectivity index (χ4n) is 7.94. The van der Waals surface area contributed by atoms with Gasteiger partial charge in [-0.15, -0.1) is 0 Å². The Morgan fingerprint density at radius 2 is 0.979 bits per heavy atom. The van der Waals surface area contributed by atoms with Crippen molar-refractivity contribution in [2.45, 2.75) is 13.8 Å². The first kappa shape index (κ1) is 27.0. The molecule has 1 aromatic heterocycles. The molecule has 0 radical (unpaired) electrons. The molecule has 2 nitrogen and oxygen atoms in total. The molecule has 0 spiro atoms. The summed E-state index contributed by atoms with van der Waals surface area (Å²) in [6, 6.07) is 58.2. The fourth-order valence-corrected chi connectivity index (χ4v) is 7.94. The minimum atomic E-state index is 1.16. The molecule has 0 unspecified atom stereocenters. The predicted octanol–water partition coefficient (Wildman–Crippen LogP) is 12.8. The zero-order valence-corrected chi connectivity index (χ0v) is 26.9. The Morgan fingerprint density at radius 1 is 0.417 bits per heavy atom. The zero-order chi connectivity index (χ0) is 31.9. The molecule has 48 heavy (non-hydrogen) atoms. The third-order valence-electron chi connectivity index (χ3n) is 10.2. The van der Waals surface area contributed by atoms with Crippen LogP contribution in [-0.2, 0) is 0 Å². The van der Waals surface area contributed by atoms with Crippen LogP contribution in [0.1, 0.15) is 11.1 Å². The molecule has 2 heteroatoms. The van der Waals surface area contributed by atoms with E-state index in [0.29, 0.717) is 0 Å². The fraction of sp³-hybridized carbons (Fsp3) is 0.0435. The number of anilines is 3. The van der Waals surface area contributed by atoms with E-state index in [9.17, 15) is 0 Å². The molecule has 8 aromatic carbocycles. The lowest BCUT2D eigenvalue weighted by Gasteiger charge is -2.29. The molecular weight excluding hydrogens is 581 g/mol. The highest BCUT2D eigenvalue weighted by Crippen LogP contribution is 2.51. The number of para-hydroxylation sites is 3. The lowest BCUT2D eigenvalue weighted by molar-refractivity contribution is 1.19. The zero-order valence-electron chi connectivity index (χ0n) is 26.9. The summed E-state index contributed by atoms with van der Waals surface area (Å²) in [5, 5.41) is 7.62. The number of rotatable bonds is 4. The van der Waals surface area contributed by atoms with E-state index in [-0.39, 0.29) is 0 Å². The number of fused-ring (bicyclic) bond motifs is 9. The molecule has 0 amide bonds. The number of nitrogens with zero attached hydrogens (tertiary/aromatic N) is 2. The Hall–Kier alpha value is -6.12. The lowest BCUT2D eigenvalue weighted by atomic mass is 9.78. The van der Waals surface area contributed by atoms with E-state index >= 15 is 0 Å². The highest BCUT2D eigenvalue weighted by Gasteiger charge is 2.25. The van der Waals surface area contributed by atoms with Crippen molar-refractivity contribution in [3.05, 3.63) is 169 Å². The summed E-state index contributed by atoms with van der Waals surface area (Å²) in [6.45, 7) is 4.36.